The number of aliphatic imine (C=N–C) groups is 1. The average molecular weight is 111 g/mol. The Bertz CT molecular complexity index is 148. The van der Waals surface area contributed by atoms with Crippen LogP contribution in [0.3, 0.4) is 0 Å². The third-order valence-electron chi connectivity index (χ3n) is 0.882. The van der Waals surface area contributed by atoms with Gasteiger partial charge in [0.1, 0.15) is 0 Å². The zero-order chi connectivity index (χ0) is 6.04. The van der Waals surface area contributed by atoms with Gasteiger partial charge in [-0.3, -0.25) is 4.79 Å². The molecular weight excluding hydrogens is 106 g/mol. The summed E-state index contributed by atoms with van der Waals surface area (Å²) in [7, 11) is 0. The summed E-state index contributed by atoms with van der Waals surface area (Å²) in [6.07, 6.45) is 4.61. The second kappa shape index (κ2) is 1.52. The third kappa shape index (κ3) is 0.675. The highest BCUT2D eigenvalue weighted by Crippen LogP contribution is 2.07. The summed E-state index contributed by atoms with van der Waals surface area (Å²) in [5.74, 6) is 0. The first kappa shape index (κ1) is 5.18. The molecule has 1 rings (SSSR count). The van der Waals surface area contributed by atoms with Crippen molar-refractivity contribution >= 4 is 12.5 Å². The highest BCUT2D eigenvalue weighted by atomic mass is 16.3. The molecule has 0 aromatic heterocycles. The van der Waals surface area contributed by atoms with Gasteiger partial charge < -0.3 is 5.11 Å². The number of carbonyl (C=O) groups excluding carboxylic acids is 1. The summed E-state index contributed by atoms with van der Waals surface area (Å²) in [6.45, 7) is 0. The van der Waals surface area contributed by atoms with Crippen molar-refractivity contribution in [2.45, 2.75) is 5.72 Å². The molecule has 0 fully saturated rings. The Morgan fingerprint density at radius 1 is 1.75 bits per heavy atom. The van der Waals surface area contributed by atoms with Crippen molar-refractivity contribution in [3.8, 4) is 0 Å². The maximum Gasteiger partial charge on any atom is 0.232 e. The molecule has 0 saturated heterocycles. The number of hydrogen-bond acceptors (Lipinski definition) is 3. The van der Waals surface area contributed by atoms with Gasteiger partial charge in [-0.05, 0) is 12.2 Å². The van der Waals surface area contributed by atoms with Gasteiger partial charge in [0.15, 0.2) is 6.29 Å². The Balaban J connectivity index is 2.83. The molecule has 0 aromatic rings. The number of nitrogens with zero attached hydrogens (tertiary/aromatic N) is 1. The normalized spacial score (nSPS) is 33.6. The Kier molecular flexibility index (Phi) is 0.986. The molecule has 0 bridgehead atoms. The van der Waals surface area contributed by atoms with Crippen molar-refractivity contribution in [1.82, 2.24) is 0 Å². The minimum absolute atomic E-state index is 0.382. The van der Waals surface area contributed by atoms with Crippen LogP contribution in [0.25, 0.3) is 0 Å². The zero-order valence-corrected chi connectivity index (χ0v) is 4.11. The fraction of sp³-hybridized carbons (Fsp3) is 0.200. The van der Waals surface area contributed by atoms with Crippen molar-refractivity contribution in [3.05, 3.63) is 12.2 Å². The summed E-state index contributed by atoms with van der Waals surface area (Å²) in [6, 6.07) is 0. The molecule has 1 heterocycles. The first-order valence-corrected chi connectivity index (χ1v) is 2.19. The number of aldehydes is 1. The molecule has 1 atom stereocenters. The van der Waals surface area contributed by atoms with Crippen LogP contribution in [0.4, 0.5) is 0 Å². The molecular formula is C5H5NO2. The molecule has 0 amide bonds. The summed E-state index contributed by atoms with van der Waals surface area (Å²) in [5.41, 5.74) is -1.56. The molecule has 8 heavy (non-hydrogen) atoms. The van der Waals surface area contributed by atoms with Crippen molar-refractivity contribution in [2.75, 3.05) is 0 Å². The van der Waals surface area contributed by atoms with Crippen LogP contribution in [0.1, 0.15) is 0 Å². The first-order chi connectivity index (χ1) is 3.77. The lowest BCUT2D eigenvalue weighted by Crippen LogP contribution is -2.21. The van der Waals surface area contributed by atoms with E-state index in [-0.39, 0.29) is 0 Å². The number of rotatable bonds is 1. The SMILES string of the molecule is O=CC1(O)C=CC=N1. The molecule has 3 heteroatoms. The minimum atomic E-state index is -1.56. The highest BCUT2D eigenvalue weighted by Gasteiger charge is 2.21. The number of aliphatic hydroxyl groups is 1. The standard InChI is InChI=1S/C5H5NO2/c7-4-5(8)2-1-3-6-5/h1-4,8H. The molecule has 3 nitrogen and oxygen atoms in total. The lowest BCUT2D eigenvalue weighted by molar-refractivity contribution is -0.119. The van der Waals surface area contributed by atoms with Gasteiger partial charge in [0.05, 0.1) is 0 Å². The first-order valence-electron chi connectivity index (χ1n) is 2.19. The van der Waals surface area contributed by atoms with E-state index in [0.29, 0.717) is 6.29 Å². The summed E-state index contributed by atoms with van der Waals surface area (Å²) >= 11 is 0. The molecule has 0 aliphatic carbocycles. The predicted molar refractivity (Wildman–Crippen MR) is 28.6 cm³/mol. The van der Waals surface area contributed by atoms with E-state index in [4.69, 9.17) is 5.11 Å². The van der Waals surface area contributed by atoms with E-state index in [9.17, 15) is 4.79 Å². The van der Waals surface area contributed by atoms with E-state index in [2.05, 4.69) is 4.99 Å². The smallest absolute Gasteiger partial charge is 0.232 e. The van der Waals surface area contributed by atoms with Crippen LogP contribution in [-0.2, 0) is 4.79 Å². The quantitative estimate of drug-likeness (QED) is 0.464. The summed E-state index contributed by atoms with van der Waals surface area (Å²) in [4.78, 5) is 13.4. The van der Waals surface area contributed by atoms with Crippen LogP contribution in [0.5, 0.6) is 0 Å². The van der Waals surface area contributed by atoms with E-state index in [0.717, 1.165) is 0 Å². The van der Waals surface area contributed by atoms with Crippen molar-refractivity contribution < 1.29 is 9.90 Å². The topological polar surface area (TPSA) is 49.7 Å². The molecule has 0 spiro atoms. The number of carbonyl (C=O) groups is 1. The number of allylic oxidation sites excluding steroid dienone is 1. The molecule has 0 aromatic carbocycles. The monoisotopic (exact) mass is 111 g/mol. The van der Waals surface area contributed by atoms with Crippen LogP contribution < -0.4 is 0 Å². The Hall–Kier alpha value is -0.960. The van der Waals surface area contributed by atoms with Crippen LogP contribution in [0.15, 0.2) is 17.1 Å². The highest BCUT2D eigenvalue weighted by molar-refractivity contribution is 5.82. The van der Waals surface area contributed by atoms with Crippen LogP contribution >= 0.6 is 0 Å². The maximum absolute atomic E-state index is 9.91. The Morgan fingerprint density at radius 3 is 2.75 bits per heavy atom. The summed E-state index contributed by atoms with van der Waals surface area (Å²) < 4.78 is 0. The van der Waals surface area contributed by atoms with Gasteiger partial charge in [-0.1, -0.05) is 0 Å². The number of hydrogen-bond donors (Lipinski definition) is 1. The fourth-order valence-corrected chi connectivity index (χ4v) is 0.460. The molecule has 0 saturated carbocycles. The summed E-state index contributed by atoms with van der Waals surface area (Å²) in [5, 5.41) is 8.85. The van der Waals surface area contributed by atoms with Crippen molar-refractivity contribution in [3.63, 3.8) is 0 Å². The molecule has 42 valence electrons. The van der Waals surface area contributed by atoms with Gasteiger partial charge in [-0.2, -0.15) is 0 Å². The van der Waals surface area contributed by atoms with E-state index in [1.807, 2.05) is 0 Å². The Labute approximate surface area is 46.4 Å². The predicted octanol–water partition coefficient (Wildman–Crippen LogP) is -0.486. The fourth-order valence-electron chi connectivity index (χ4n) is 0.460. The van der Waals surface area contributed by atoms with Gasteiger partial charge in [0.25, 0.3) is 0 Å². The van der Waals surface area contributed by atoms with Crippen LogP contribution in [-0.4, -0.2) is 23.3 Å². The largest absolute Gasteiger partial charge is 0.360 e. The molecule has 1 aliphatic rings. The van der Waals surface area contributed by atoms with Gasteiger partial charge in [0.2, 0.25) is 5.72 Å². The van der Waals surface area contributed by atoms with Gasteiger partial charge >= 0.3 is 0 Å². The maximum atomic E-state index is 9.91. The van der Waals surface area contributed by atoms with Crippen molar-refractivity contribution in [2.24, 2.45) is 4.99 Å². The lowest BCUT2D eigenvalue weighted by atomic mass is 10.3. The average Bonchev–Trinajstić information content (AvgIpc) is 2.17. The molecule has 1 N–H and O–H groups in total. The molecule has 1 unspecified atom stereocenters. The minimum Gasteiger partial charge on any atom is -0.360 e. The van der Waals surface area contributed by atoms with E-state index in [1.165, 1.54) is 18.4 Å². The van der Waals surface area contributed by atoms with Gasteiger partial charge in [-0.25, -0.2) is 4.99 Å². The van der Waals surface area contributed by atoms with Crippen LogP contribution in [0, 0.1) is 0 Å². The molecule has 0 radical (unpaired) electrons. The molecule has 1 aliphatic heterocycles. The van der Waals surface area contributed by atoms with E-state index < -0.39 is 5.72 Å². The van der Waals surface area contributed by atoms with Crippen LogP contribution in [0.2, 0.25) is 0 Å². The Morgan fingerprint density at radius 2 is 2.50 bits per heavy atom. The lowest BCUT2D eigenvalue weighted by Gasteiger charge is -2.04. The second-order valence-electron chi connectivity index (χ2n) is 1.54. The van der Waals surface area contributed by atoms with E-state index >= 15 is 0 Å². The third-order valence-corrected chi connectivity index (χ3v) is 0.882. The van der Waals surface area contributed by atoms with Gasteiger partial charge in [-0.15, -0.1) is 0 Å². The van der Waals surface area contributed by atoms with Crippen molar-refractivity contribution in [1.29, 1.82) is 0 Å². The zero-order valence-electron chi connectivity index (χ0n) is 4.11. The van der Waals surface area contributed by atoms with E-state index in [1.54, 1.807) is 0 Å². The second-order valence-corrected chi connectivity index (χ2v) is 1.54. The van der Waals surface area contributed by atoms with Gasteiger partial charge in [0, 0.05) is 6.21 Å².